The van der Waals surface area contributed by atoms with Crippen LogP contribution in [-0.2, 0) is 11.4 Å². The number of ether oxygens (including phenoxy) is 2. The van der Waals surface area contributed by atoms with Crippen LogP contribution in [0.5, 0.6) is 11.5 Å². The number of halogens is 2. The Hall–Kier alpha value is -3.55. The fraction of sp³-hybridized carbons (Fsp3) is 0.160. The lowest BCUT2D eigenvalue weighted by Crippen LogP contribution is -2.43. The third-order valence-corrected chi connectivity index (χ3v) is 5.38. The number of nitrogens with zero attached hydrogens (tertiary/aromatic N) is 1. The second-order valence-electron chi connectivity index (χ2n) is 7.22. The molecule has 0 saturated heterocycles. The SMILES string of the molecule is COc1ccc(C(=O)NC(C)C(=O)NN=Cc2ccccc2OCc2ccc(Cl)cc2Cl)cc1. The summed E-state index contributed by atoms with van der Waals surface area (Å²) in [6.07, 6.45) is 1.47. The van der Waals surface area contributed by atoms with Gasteiger partial charge in [-0.2, -0.15) is 5.10 Å². The van der Waals surface area contributed by atoms with Crippen LogP contribution in [0.1, 0.15) is 28.4 Å². The van der Waals surface area contributed by atoms with E-state index in [0.29, 0.717) is 32.7 Å². The van der Waals surface area contributed by atoms with Gasteiger partial charge in [0.15, 0.2) is 0 Å². The first kappa shape index (κ1) is 25.1. The molecule has 2 amide bonds. The van der Waals surface area contributed by atoms with Crippen molar-refractivity contribution < 1.29 is 19.1 Å². The average Bonchev–Trinajstić information content (AvgIpc) is 2.84. The fourth-order valence-corrected chi connectivity index (χ4v) is 3.33. The zero-order chi connectivity index (χ0) is 24.5. The molecule has 7 nitrogen and oxygen atoms in total. The molecule has 3 aromatic carbocycles. The predicted molar refractivity (Wildman–Crippen MR) is 133 cm³/mol. The molecule has 3 aromatic rings. The molecule has 0 radical (unpaired) electrons. The van der Waals surface area contributed by atoms with E-state index < -0.39 is 11.9 Å². The lowest BCUT2D eigenvalue weighted by molar-refractivity contribution is -0.122. The van der Waals surface area contributed by atoms with E-state index in [0.717, 1.165) is 5.56 Å². The highest BCUT2D eigenvalue weighted by atomic mass is 35.5. The van der Waals surface area contributed by atoms with Gasteiger partial charge in [0.05, 0.1) is 13.3 Å². The summed E-state index contributed by atoms with van der Waals surface area (Å²) in [5.41, 5.74) is 4.28. The second kappa shape index (κ2) is 12.1. The smallest absolute Gasteiger partial charge is 0.262 e. The first-order valence-corrected chi connectivity index (χ1v) is 11.1. The van der Waals surface area contributed by atoms with Gasteiger partial charge in [0.2, 0.25) is 0 Å². The number of nitrogens with one attached hydrogen (secondary N) is 2. The van der Waals surface area contributed by atoms with E-state index >= 15 is 0 Å². The molecule has 1 atom stereocenters. The Morgan fingerprint density at radius 2 is 1.79 bits per heavy atom. The van der Waals surface area contributed by atoms with Crippen molar-refractivity contribution in [3.8, 4) is 11.5 Å². The maximum absolute atomic E-state index is 12.3. The van der Waals surface area contributed by atoms with Gasteiger partial charge in [-0.1, -0.05) is 41.4 Å². The summed E-state index contributed by atoms with van der Waals surface area (Å²) in [5.74, 6) is 0.350. The van der Waals surface area contributed by atoms with Gasteiger partial charge in [0.25, 0.3) is 11.8 Å². The third-order valence-electron chi connectivity index (χ3n) is 4.79. The Kier molecular flexibility index (Phi) is 8.90. The number of carbonyl (C=O) groups is 2. The number of para-hydroxylation sites is 1. The lowest BCUT2D eigenvalue weighted by atomic mass is 10.2. The van der Waals surface area contributed by atoms with E-state index in [-0.39, 0.29) is 12.5 Å². The molecule has 3 rings (SSSR count). The molecule has 0 spiro atoms. The van der Waals surface area contributed by atoms with Crippen LogP contribution in [0.4, 0.5) is 0 Å². The first-order valence-electron chi connectivity index (χ1n) is 10.3. The van der Waals surface area contributed by atoms with Gasteiger partial charge in [-0.05, 0) is 55.5 Å². The van der Waals surface area contributed by atoms with Crippen LogP contribution in [0, 0.1) is 0 Å². The van der Waals surface area contributed by atoms with Crippen molar-refractivity contribution in [2.24, 2.45) is 5.10 Å². The first-order chi connectivity index (χ1) is 16.4. The summed E-state index contributed by atoms with van der Waals surface area (Å²) < 4.78 is 10.9. The lowest BCUT2D eigenvalue weighted by Gasteiger charge is -2.13. The van der Waals surface area contributed by atoms with Crippen LogP contribution >= 0.6 is 23.2 Å². The Balaban J connectivity index is 1.55. The van der Waals surface area contributed by atoms with E-state index in [1.165, 1.54) is 6.21 Å². The summed E-state index contributed by atoms with van der Waals surface area (Å²) in [4.78, 5) is 24.7. The minimum Gasteiger partial charge on any atom is -0.497 e. The van der Waals surface area contributed by atoms with Crippen molar-refractivity contribution in [2.45, 2.75) is 19.6 Å². The van der Waals surface area contributed by atoms with Crippen molar-refractivity contribution >= 4 is 41.2 Å². The molecule has 0 aliphatic heterocycles. The molecule has 0 bridgehead atoms. The molecule has 0 fully saturated rings. The summed E-state index contributed by atoms with van der Waals surface area (Å²) in [6, 6.07) is 18.2. The molecule has 0 heterocycles. The van der Waals surface area contributed by atoms with Crippen molar-refractivity contribution in [3.63, 3.8) is 0 Å². The highest BCUT2D eigenvalue weighted by molar-refractivity contribution is 6.35. The van der Waals surface area contributed by atoms with Crippen molar-refractivity contribution in [2.75, 3.05) is 7.11 Å². The summed E-state index contributed by atoms with van der Waals surface area (Å²) >= 11 is 12.1. The quantitative estimate of drug-likeness (QED) is 0.325. The fourth-order valence-electron chi connectivity index (χ4n) is 2.86. The number of methoxy groups -OCH3 is 1. The largest absolute Gasteiger partial charge is 0.497 e. The number of rotatable bonds is 9. The molecule has 1 unspecified atom stereocenters. The molecular formula is C25H23Cl2N3O4. The monoisotopic (exact) mass is 499 g/mol. The normalized spacial score (nSPS) is 11.6. The molecule has 0 aliphatic carbocycles. The van der Waals surface area contributed by atoms with Crippen molar-refractivity contribution in [1.82, 2.24) is 10.7 Å². The minimum absolute atomic E-state index is 0.238. The van der Waals surface area contributed by atoms with Gasteiger partial charge in [-0.15, -0.1) is 0 Å². The van der Waals surface area contributed by atoms with Gasteiger partial charge in [0, 0.05) is 26.7 Å². The maximum atomic E-state index is 12.3. The summed E-state index contributed by atoms with van der Waals surface area (Å²) in [6.45, 7) is 1.81. The van der Waals surface area contributed by atoms with Crippen LogP contribution in [0.25, 0.3) is 0 Å². The van der Waals surface area contributed by atoms with Gasteiger partial charge in [-0.25, -0.2) is 5.43 Å². The Morgan fingerprint density at radius 1 is 1.06 bits per heavy atom. The van der Waals surface area contributed by atoms with Crippen LogP contribution < -0.4 is 20.2 Å². The molecule has 176 valence electrons. The van der Waals surface area contributed by atoms with Crippen LogP contribution in [-0.4, -0.2) is 31.2 Å². The van der Waals surface area contributed by atoms with Crippen LogP contribution in [0.2, 0.25) is 10.0 Å². The summed E-state index contributed by atoms with van der Waals surface area (Å²) in [5, 5.41) is 7.68. The number of benzene rings is 3. The molecule has 0 saturated carbocycles. The zero-order valence-electron chi connectivity index (χ0n) is 18.5. The summed E-state index contributed by atoms with van der Waals surface area (Å²) in [7, 11) is 1.54. The molecular weight excluding hydrogens is 477 g/mol. The van der Waals surface area contributed by atoms with E-state index in [2.05, 4.69) is 15.8 Å². The predicted octanol–water partition coefficient (Wildman–Crippen LogP) is 4.85. The van der Waals surface area contributed by atoms with Crippen LogP contribution in [0.15, 0.2) is 71.8 Å². The number of amides is 2. The van der Waals surface area contributed by atoms with Gasteiger partial charge in [-0.3, -0.25) is 9.59 Å². The topological polar surface area (TPSA) is 89.0 Å². The minimum atomic E-state index is -0.801. The molecule has 34 heavy (non-hydrogen) atoms. The Labute approximate surface area is 207 Å². The Bertz CT molecular complexity index is 1180. The Morgan fingerprint density at radius 3 is 2.50 bits per heavy atom. The zero-order valence-corrected chi connectivity index (χ0v) is 20.1. The van der Waals surface area contributed by atoms with E-state index in [1.807, 2.05) is 12.1 Å². The maximum Gasteiger partial charge on any atom is 0.262 e. The number of hydrogen-bond donors (Lipinski definition) is 2. The van der Waals surface area contributed by atoms with Crippen molar-refractivity contribution in [1.29, 1.82) is 0 Å². The third kappa shape index (κ3) is 6.97. The van der Waals surface area contributed by atoms with Gasteiger partial charge in [0.1, 0.15) is 24.1 Å². The molecule has 9 heteroatoms. The highest BCUT2D eigenvalue weighted by Crippen LogP contribution is 2.24. The highest BCUT2D eigenvalue weighted by Gasteiger charge is 2.16. The van der Waals surface area contributed by atoms with Crippen LogP contribution in [0.3, 0.4) is 0 Å². The number of hydrazone groups is 1. The average molecular weight is 500 g/mol. The number of hydrogen-bond acceptors (Lipinski definition) is 5. The molecule has 2 N–H and O–H groups in total. The standard InChI is InChI=1S/C25H23Cl2N3O4/c1-16(29-25(32)17-8-11-21(33-2)12-9-17)24(31)30-28-14-18-5-3-4-6-23(18)34-15-19-7-10-20(26)13-22(19)27/h3-14,16H,15H2,1-2H3,(H,29,32)(H,30,31). The number of carbonyl (C=O) groups excluding carboxylic acids is 2. The van der Waals surface area contributed by atoms with Gasteiger partial charge < -0.3 is 14.8 Å². The van der Waals surface area contributed by atoms with Gasteiger partial charge >= 0.3 is 0 Å². The second-order valence-corrected chi connectivity index (χ2v) is 8.06. The van der Waals surface area contributed by atoms with E-state index in [9.17, 15) is 9.59 Å². The molecule has 0 aliphatic rings. The molecule has 0 aromatic heterocycles. The van der Waals surface area contributed by atoms with E-state index in [4.69, 9.17) is 32.7 Å². The van der Waals surface area contributed by atoms with Crippen molar-refractivity contribution in [3.05, 3.63) is 93.5 Å². The van der Waals surface area contributed by atoms with E-state index in [1.54, 1.807) is 68.6 Å².